The van der Waals surface area contributed by atoms with Crippen molar-refractivity contribution in [3.05, 3.63) is 74.6 Å². The summed E-state index contributed by atoms with van der Waals surface area (Å²) in [7, 11) is 0. The summed E-state index contributed by atoms with van der Waals surface area (Å²) in [4.78, 5) is 54.9. The lowest BCUT2D eigenvalue weighted by Gasteiger charge is -2.09. The number of fused-ring (bicyclic) bond motifs is 1. The number of hydrogen-bond donors (Lipinski definition) is 2. The minimum atomic E-state index is -0.572. The second kappa shape index (κ2) is 8.39. The number of ether oxygens (including phenoxy) is 1. The van der Waals surface area contributed by atoms with Crippen LogP contribution in [0.3, 0.4) is 0 Å². The van der Waals surface area contributed by atoms with Crippen molar-refractivity contribution in [2.45, 2.75) is 25.8 Å². The number of H-pyrrole nitrogens is 1. The number of anilines is 1. The monoisotopic (exact) mass is 420 g/mol. The molecule has 1 amide bonds. The van der Waals surface area contributed by atoms with Crippen LogP contribution in [-0.4, -0.2) is 33.0 Å². The summed E-state index contributed by atoms with van der Waals surface area (Å²) in [5.74, 6) is -0.862. The molecule has 1 saturated carbocycles. The highest BCUT2D eigenvalue weighted by Gasteiger charge is 2.27. The number of esters is 1. The first kappa shape index (κ1) is 20.3. The average molecular weight is 420 g/mol. The Hall–Kier alpha value is -4.01. The number of pyridine rings is 1. The first-order chi connectivity index (χ1) is 15.0. The molecule has 4 rings (SSSR count). The number of rotatable bonds is 6. The van der Waals surface area contributed by atoms with Crippen molar-refractivity contribution in [3.63, 3.8) is 0 Å². The number of amides is 1. The fourth-order valence-electron chi connectivity index (χ4n) is 3.17. The van der Waals surface area contributed by atoms with Crippen LogP contribution in [0.25, 0.3) is 17.1 Å². The molecule has 0 radical (unpaired) electrons. The van der Waals surface area contributed by atoms with Crippen molar-refractivity contribution in [1.29, 1.82) is 0 Å². The van der Waals surface area contributed by atoms with Gasteiger partial charge in [0.1, 0.15) is 5.65 Å². The van der Waals surface area contributed by atoms with Gasteiger partial charge in [0.2, 0.25) is 0 Å². The van der Waals surface area contributed by atoms with E-state index in [1.54, 1.807) is 37.3 Å². The summed E-state index contributed by atoms with van der Waals surface area (Å²) in [6.45, 7) is 2.04. The Kier molecular flexibility index (Phi) is 5.48. The standard InChI is InChI=1S/C22H20N4O5/c1-2-31-18(27)10-5-13-3-6-15(7-4-13)24-20(28)14-11-17-19(23-12-14)26(16-8-9-16)22(30)25-21(17)29/h3-7,10-12,16H,2,8-9H2,1H3,(H,24,28)(H,25,29,30)/b10-5+. The maximum atomic E-state index is 12.6. The lowest BCUT2D eigenvalue weighted by molar-refractivity contribution is -0.137. The third-order valence-corrected chi connectivity index (χ3v) is 4.82. The van der Waals surface area contributed by atoms with Crippen LogP contribution in [-0.2, 0) is 9.53 Å². The van der Waals surface area contributed by atoms with Gasteiger partial charge in [-0.05, 0) is 49.6 Å². The smallest absolute Gasteiger partial charge is 0.330 e. The van der Waals surface area contributed by atoms with Gasteiger partial charge in [0.05, 0.1) is 17.6 Å². The van der Waals surface area contributed by atoms with Crippen molar-refractivity contribution in [2.24, 2.45) is 0 Å². The molecule has 0 aliphatic heterocycles. The number of nitrogens with one attached hydrogen (secondary N) is 2. The van der Waals surface area contributed by atoms with E-state index in [0.29, 0.717) is 12.3 Å². The van der Waals surface area contributed by atoms with Gasteiger partial charge in [-0.15, -0.1) is 0 Å². The van der Waals surface area contributed by atoms with Crippen molar-refractivity contribution in [3.8, 4) is 0 Å². The Morgan fingerprint density at radius 3 is 2.68 bits per heavy atom. The number of aromatic nitrogens is 3. The molecule has 158 valence electrons. The van der Waals surface area contributed by atoms with Gasteiger partial charge in [-0.2, -0.15) is 0 Å². The molecule has 0 atom stereocenters. The molecule has 3 aromatic rings. The fraction of sp³-hybridized carbons (Fsp3) is 0.227. The van der Waals surface area contributed by atoms with E-state index in [-0.39, 0.29) is 22.6 Å². The molecule has 0 saturated heterocycles. The minimum absolute atomic E-state index is 0.0374. The third-order valence-electron chi connectivity index (χ3n) is 4.82. The zero-order chi connectivity index (χ0) is 22.0. The van der Waals surface area contributed by atoms with Crippen LogP contribution in [0.15, 0.2) is 52.2 Å². The average Bonchev–Trinajstić information content (AvgIpc) is 3.58. The quantitative estimate of drug-likeness (QED) is 0.466. The summed E-state index contributed by atoms with van der Waals surface area (Å²) in [5.41, 5.74) is 0.729. The van der Waals surface area contributed by atoms with Crippen LogP contribution in [0, 0.1) is 0 Å². The zero-order valence-corrected chi connectivity index (χ0v) is 16.8. The molecule has 2 heterocycles. The Morgan fingerprint density at radius 1 is 1.26 bits per heavy atom. The Bertz CT molecular complexity index is 1300. The summed E-state index contributed by atoms with van der Waals surface area (Å²) in [6.07, 6.45) is 6.01. The topological polar surface area (TPSA) is 123 Å². The molecule has 0 bridgehead atoms. The first-order valence-corrected chi connectivity index (χ1v) is 9.87. The molecule has 9 heteroatoms. The second-order valence-corrected chi connectivity index (χ2v) is 7.12. The number of carbonyl (C=O) groups is 2. The van der Waals surface area contributed by atoms with Gasteiger partial charge >= 0.3 is 11.7 Å². The second-order valence-electron chi connectivity index (χ2n) is 7.12. The fourth-order valence-corrected chi connectivity index (χ4v) is 3.17. The van der Waals surface area contributed by atoms with E-state index in [4.69, 9.17) is 4.74 Å². The normalized spacial score (nSPS) is 13.5. The SMILES string of the molecule is CCOC(=O)/C=C/c1ccc(NC(=O)c2cnc3c(c2)c(=O)[nH]c(=O)n3C2CC2)cc1. The molecule has 1 aliphatic rings. The van der Waals surface area contributed by atoms with Crippen LogP contribution in [0.2, 0.25) is 0 Å². The van der Waals surface area contributed by atoms with Crippen LogP contribution >= 0.6 is 0 Å². The largest absolute Gasteiger partial charge is 0.463 e. The van der Waals surface area contributed by atoms with E-state index in [9.17, 15) is 19.2 Å². The van der Waals surface area contributed by atoms with E-state index >= 15 is 0 Å². The number of hydrogen-bond acceptors (Lipinski definition) is 6. The van der Waals surface area contributed by atoms with Gasteiger partial charge in [-0.25, -0.2) is 14.6 Å². The van der Waals surface area contributed by atoms with Crippen LogP contribution in [0.5, 0.6) is 0 Å². The number of carbonyl (C=O) groups excluding carboxylic acids is 2. The molecule has 1 aliphatic carbocycles. The lowest BCUT2D eigenvalue weighted by Crippen LogP contribution is -2.30. The Morgan fingerprint density at radius 2 is 2.00 bits per heavy atom. The summed E-state index contributed by atoms with van der Waals surface area (Å²) in [6, 6.07) is 8.33. The van der Waals surface area contributed by atoms with Gasteiger partial charge in [0, 0.05) is 24.0 Å². The molecule has 1 aromatic carbocycles. The lowest BCUT2D eigenvalue weighted by atomic mass is 10.1. The van der Waals surface area contributed by atoms with E-state index in [0.717, 1.165) is 18.4 Å². The number of aromatic amines is 1. The molecule has 31 heavy (non-hydrogen) atoms. The van der Waals surface area contributed by atoms with Gasteiger partial charge in [-0.1, -0.05) is 12.1 Å². The number of nitrogens with zero attached hydrogens (tertiary/aromatic N) is 2. The molecular weight excluding hydrogens is 400 g/mol. The van der Waals surface area contributed by atoms with Crippen molar-refractivity contribution in [2.75, 3.05) is 11.9 Å². The third kappa shape index (κ3) is 4.45. The van der Waals surface area contributed by atoms with Crippen LogP contribution in [0.1, 0.15) is 41.7 Å². The Balaban J connectivity index is 1.53. The van der Waals surface area contributed by atoms with E-state index in [1.807, 2.05) is 0 Å². The highest BCUT2D eigenvalue weighted by Crippen LogP contribution is 2.34. The minimum Gasteiger partial charge on any atom is -0.463 e. The van der Waals surface area contributed by atoms with Gasteiger partial charge in [0.25, 0.3) is 11.5 Å². The molecule has 1 fully saturated rings. The van der Waals surface area contributed by atoms with Crippen LogP contribution in [0.4, 0.5) is 5.69 Å². The maximum absolute atomic E-state index is 12.6. The van der Waals surface area contributed by atoms with Crippen molar-refractivity contribution in [1.82, 2.24) is 14.5 Å². The van der Waals surface area contributed by atoms with E-state index in [2.05, 4.69) is 15.3 Å². The summed E-state index contributed by atoms with van der Waals surface area (Å²) < 4.78 is 6.30. The molecule has 0 spiro atoms. The predicted molar refractivity (Wildman–Crippen MR) is 115 cm³/mol. The van der Waals surface area contributed by atoms with Gasteiger partial charge < -0.3 is 10.1 Å². The van der Waals surface area contributed by atoms with Crippen molar-refractivity contribution >= 4 is 34.7 Å². The predicted octanol–water partition coefficient (Wildman–Crippen LogP) is 2.25. The highest BCUT2D eigenvalue weighted by atomic mass is 16.5. The molecular formula is C22H20N4O5. The van der Waals surface area contributed by atoms with Crippen LogP contribution < -0.4 is 16.6 Å². The molecule has 0 unspecified atom stereocenters. The van der Waals surface area contributed by atoms with Gasteiger partial charge in [-0.3, -0.25) is 19.1 Å². The maximum Gasteiger partial charge on any atom is 0.330 e. The molecule has 2 aromatic heterocycles. The molecule has 9 nitrogen and oxygen atoms in total. The van der Waals surface area contributed by atoms with E-state index < -0.39 is 23.1 Å². The summed E-state index contributed by atoms with van der Waals surface area (Å²) >= 11 is 0. The summed E-state index contributed by atoms with van der Waals surface area (Å²) in [5, 5.41) is 2.93. The van der Waals surface area contributed by atoms with Crippen molar-refractivity contribution < 1.29 is 14.3 Å². The molecule has 2 N–H and O–H groups in total. The van der Waals surface area contributed by atoms with Gasteiger partial charge in [0.15, 0.2) is 0 Å². The van der Waals surface area contributed by atoms with E-state index in [1.165, 1.54) is 22.9 Å². The first-order valence-electron chi connectivity index (χ1n) is 9.87. The zero-order valence-electron chi connectivity index (χ0n) is 16.8. The highest BCUT2D eigenvalue weighted by molar-refractivity contribution is 6.05. The number of benzene rings is 1. The Labute approximate surface area is 176 Å².